The highest BCUT2D eigenvalue weighted by molar-refractivity contribution is 7.80. The molecule has 3 rings (SSSR count). The number of methoxy groups -OCH3 is 1. The summed E-state index contributed by atoms with van der Waals surface area (Å²) < 4.78 is 11.0. The molecule has 0 unspecified atom stereocenters. The van der Waals surface area contributed by atoms with Gasteiger partial charge in [-0.2, -0.15) is 0 Å². The Hall–Kier alpha value is -2.31. The van der Waals surface area contributed by atoms with Gasteiger partial charge in [-0.1, -0.05) is 12.1 Å². The van der Waals surface area contributed by atoms with E-state index in [2.05, 4.69) is 21.7 Å². The first-order valence-electron chi connectivity index (χ1n) is 7.91. The molecule has 1 aromatic carbocycles. The highest BCUT2D eigenvalue weighted by atomic mass is 32.1. The van der Waals surface area contributed by atoms with Gasteiger partial charge in [0.05, 0.1) is 32.1 Å². The average Bonchev–Trinajstić information content (AvgIpc) is 3.29. The van der Waals surface area contributed by atoms with E-state index in [-0.39, 0.29) is 0 Å². The van der Waals surface area contributed by atoms with Crippen molar-refractivity contribution in [3.8, 4) is 5.75 Å². The van der Waals surface area contributed by atoms with Gasteiger partial charge in [-0.05, 0) is 60.4 Å². The van der Waals surface area contributed by atoms with Crippen molar-refractivity contribution in [1.82, 2.24) is 4.90 Å². The topological polar surface area (TPSA) is 37.6 Å². The maximum Gasteiger partial charge on any atom is 0.174 e. The summed E-state index contributed by atoms with van der Waals surface area (Å²) >= 11 is 7.38. The second-order valence-corrected chi connectivity index (χ2v) is 7.07. The monoisotopic (exact) mass is 372 g/mol. The molecule has 6 heteroatoms. The molecule has 0 saturated heterocycles. The Morgan fingerprint density at radius 3 is 2.80 bits per heavy atom. The second kappa shape index (κ2) is 8.18. The van der Waals surface area contributed by atoms with Crippen LogP contribution in [0, 0.1) is 6.92 Å². The van der Waals surface area contributed by atoms with E-state index in [4.69, 9.17) is 21.4 Å². The van der Waals surface area contributed by atoms with Crippen LogP contribution in [0.25, 0.3) is 0 Å². The zero-order valence-electron chi connectivity index (χ0n) is 14.2. The van der Waals surface area contributed by atoms with Crippen molar-refractivity contribution in [2.75, 3.05) is 12.4 Å². The smallest absolute Gasteiger partial charge is 0.174 e. The zero-order chi connectivity index (χ0) is 17.6. The van der Waals surface area contributed by atoms with Crippen LogP contribution in [0.5, 0.6) is 5.75 Å². The van der Waals surface area contributed by atoms with E-state index in [0.29, 0.717) is 11.7 Å². The summed E-state index contributed by atoms with van der Waals surface area (Å²) in [6, 6.07) is 14.0. The maximum absolute atomic E-state index is 5.67. The van der Waals surface area contributed by atoms with Gasteiger partial charge in [0.1, 0.15) is 11.5 Å². The number of nitrogens with one attached hydrogen (secondary N) is 1. The number of furan rings is 1. The minimum Gasteiger partial charge on any atom is -0.495 e. The number of ether oxygens (including phenoxy) is 1. The van der Waals surface area contributed by atoms with Crippen LogP contribution in [-0.2, 0) is 13.1 Å². The Balaban J connectivity index is 1.78. The predicted molar refractivity (Wildman–Crippen MR) is 106 cm³/mol. The maximum atomic E-state index is 5.67. The van der Waals surface area contributed by atoms with E-state index in [0.717, 1.165) is 29.3 Å². The molecule has 2 heterocycles. The molecule has 0 atom stereocenters. The van der Waals surface area contributed by atoms with Crippen molar-refractivity contribution >= 4 is 34.4 Å². The lowest BCUT2D eigenvalue weighted by atomic mass is 10.2. The van der Waals surface area contributed by atoms with Gasteiger partial charge < -0.3 is 19.4 Å². The van der Waals surface area contributed by atoms with E-state index in [1.165, 1.54) is 4.88 Å². The summed E-state index contributed by atoms with van der Waals surface area (Å²) in [7, 11) is 1.66. The standard InChI is InChI=1S/C19H20N2O2S2/c1-14-7-8-17(18(11-14)22-2)20-19(24)21(12-15-5-3-9-23-15)13-16-6-4-10-25-16/h3-11H,12-13H2,1-2H3,(H,20,24). The number of benzene rings is 1. The first kappa shape index (κ1) is 17.5. The van der Waals surface area contributed by atoms with Gasteiger partial charge in [-0.15, -0.1) is 11.3 Å². The molecular formula is C19H20N2O2S2. The van der Waals surface area contributed by atoms with Crippen molar-refractivity contribution in [3.05, 3.63) is 70.3 Å². The van der Waals surface area contributed by atoms with Crippen molar-refractivity contribution in [1.29, 1.82) is 0 Å². The summed E-state index contributed by atoms with van der Waals surface area (Å²) in [6.07, 6.45) is 1.68. The van der Waals surface area contributed by atoms with Crippen molar-refractivity contribution in [2.45, 2.75) is 20.0 Å². The van der Waals surface area contributed by atoms with E-state index in [1.807, 2.05) is 43.3 Å². The molecule has 0 fully saturated rings. The molecule has 0 aliphatic heterocycles. The molecule has 0 radical (unpaired) electrons. The number of hydrogen-bond acceptors (Lipinski definition) is 4. The van der Waals surface area contributed by atoms with Crippen LogP contribution in [-0.4, -0.2) is 17.1 Å². The lowest BCUT2D eigenvalue weighted by Crippen LogP contribution is -2.33. The van der Waals surface area contributed by atoms with E-state index >= 15 is 0 Å². The number of thiophene rings is 1. The fourth-order valence-electron chi connectivity index (χ4n) is 2.48. The quantitative estimate of drug-likeness (QED) is 0.612. The summed E-state index contributed by atoms with van der Waals surface area (Å²) in [6.45, 7) is 3.36. The Labute approximate surface area is 157 Å². The van der Waals surface area contributed by atoms with Gasteiger partial charge in [-0.25, -0.2) is 0 Å². The van der Waals surface area contributed by atoms with Crippen LogP contribution in [0.3, 0.4) is 0 Å². The van der Waals surface area contributed by atoms with Gasteiger partial charge in [-0.3, -0.25) is 0 Å². The minimum absolute atomic E-state index is 0.602. The van der Waals surface area contributed by atoms with Crippen LogP contribution in [0.1, 0.15) is 16.2 Å². The molecule has 25 heavy (non-hydrogen) atoms. The third-order valence-electron chi connectivity index (χ3n) is 3.74. The number of nitrogens with zero attached hydrogens (tertiary/aromatic N) is 1. The summed E-state index contributed by atoms with van der Waals surface area (Å²) in [5.74, 6) is 1.65. The van der Waals surface area contributed by atoms with Crippen LogP contribution in [0.15, 0.2) is 58.5 Å². The number of aryl methyl sites for hydroxylation is 1. The fraction of sp³-hybridized carbons (Fsp3) is 0.211. The van der Waals surface area contributed by atoms with E-state index in [9.17, 15) is 0 Å². The molecule has 2 aromatic heterocycles. The summed E-state index contributed by atoms with van der Waals surface area (Å²) in [5, 5.41) is 6.01. The highest BCUT2D eigenvalue weighted by Gasteiger charge is 2.15. The molecule has 130 valence electrons. The Bertz CT molecular complexity index is 778. The van der Waals surface area contributed by atoms with Crippen molar-refractivity contribution < 1.29 is 9.15 Å². The molecular weight excluding hydrogens is 352 g/mol. The van der Waals surface area contributed by atoms with E-state index in [1.54, 1.807) is 24.7 Å². The third kappa shape index (κ3) is 4.61. The highest BCUT2D eigenvalue weighted by Crippen LogP contribution is 2.26. The molecule has 0 amide bonds. The van der Waals surface area contributed by atoms with Crippen LogP contribution >= 0.6 is 23.6 Å². The summed E-state index contributed by atoms with van der Waals surface area (Å²) in [4.78, 5) is 3.32. The predicted octanol–water partition coefficient (Wildman–Crippen LogP) is 5.06. The van der Waals surface area contributed by atoms with Crippen molar-refractivity contribution in [2.24, 2.45) is 0 Å². The second-order valence-electron chi connectivity index (χ2n) is 5.65. The normalized spacial score (nSPS) is 10.5. The fourth-order valence-corrected chi connectivity index (χ4v) is 3.44. The Morgan fingerprint density at radius 2 is 2.12 bits per heavy atom. The molecule has 0 saturated carbocycles. The number of anilines is 1. The lowest BCUT2D eigenvalue weighted by molar-refractivity contribution is 0.362. The first-order chi connectivity index (χ1) is 12.2. The molecule has 0 aliphatic rings. The van der Waals surface area contributed by atoms with Gasteiger partial charge in [0.25, 0.3) is 0 Å². The lowest BCUT2D eigenvalue weighted by Gasteiger charge is -2.25. The Kier molecular flexibility index (Phi) is 5.73. The molecule has 4 nitrogen and oxygen atoms in total. The molecule has 0 bridgehead atoms. The average molecular weight is 373 g/mol. The van der Waals surface area contributed by atoms with Crippen LogP contribution < -0.4 is 10.1 Å². The first-order valence-corrected chi connectivity index (χ1v) is 9.20. The van der Waals surface area contributed by atoms with Crippen LogP contribution in [0.2, 0.25) is 0 Å². The summed E-state index contributed by atoms with van der Waals surface area (Å²) in [5.41, 5.74) is 1.99. The molecule has 3 aromatic rings. The van der Waals surface area contributed by atoms with E-state index < -0.39 is 0 Å². The number of rotatable bonds is 6. The van der Waals surface area contributed by atoms with Crippen molar-refractivity contribution in [3.63, 3.8) is 0 Å². The van der Waals surface area contributed by atoms with Gasteiger partial charge in [0.15, 0.2) is 5.11 Å². The van der Waals surface area contributed by atoms with Crippen LogP contribution in [0.4, 0.5) is 5.69 Å². The Morgan fingerprint density at radius 1 is 1.24 bits per heavy atom. The number of hydrogen-bond donors (Lipinski definition) is 1. The zero-order valence-corrected chi connectivity index (χ0v) is 15.8. The third-order valence-corrected chi connectivity index (χ3v) is 4.96. The largest absolute Gasteiger partial charge is 0.495 e. The SMILES string of the molecule is COc1cc(C)ccc1NC(=S)N(Cc1ccco1)Cc1cccs1. The van der Waals surface area contributed by atoms with Gasteiger partial charge in [0, 0.05) is 4.88 Å². The minimum atomic E-state index is 0.602. The molecule has 0 aliphatic carbocycles. The molecule has 1 N–H and O–H groups in total. The number of thiocarbonyl (C=S) groups is 1. The van der Waals surface area contributed by atoms with Gasteiger partial charge >= 0.3 is 0 Å². The van der Waals surface area contributed by atoms with Gasteiger partial charge in [0.2, 0.25) is 0 Å². The molecule has 0 spiro atoms.